The quantitative estimate of drug-likeness (QED) is 0.776. The number of unbranched alkanes of at least 4 members (excludes halogenated alkanes) is 2. The molecule has 0 atom stereocenters. The summed E-state index contributed by atoms with van der Waals surface area (Å²) in [5.41, 5.74) is 5.50. The fourth-order valence-corrected chi connectivity index (χ4v) is 1.71. The smallest absolute Gasteiger partial charge is 0.222 e. The van der Waals surface area contributed by atoms with E-state index in [2.05, 4.69) is 16.9 Å². The summed E-state index contributed by atoms with van der Waals surface area (Å²) in [6, 6.07) is 0.190. The average molecular weight is 240 g/mol. The molecule has 4 nitrogen and oxygen atoms in total. The molecule has 0 aliphatic heterocycles. The lowest BCUT2D eigenvalue weighted by atomic mass is 10.2. The average Bonchev–Trinajstić information content (AvgIpc) is 2.28. The van der Waals surface area contributed by atoms with Gasteiger partial charge >= 0.3 is 0 Å². The molecular formula is C12H21FN4. The molecule has 0 aliphatic carbocycles. The number of nitrogens with two attached hydrogens (primary N) is 1. The van der Waals surface area contributed by atoms with Crippen LogP contribution in [-0.2, 0) is 0 Å². The highest BCUT2D eigenvalue weighted by Gasteiger charge is 2.16. The maximum Gasteiger partial charge on any atom is 0.222 e. The molecular weight excluding hydrogens is 219 g/mol. The molecule has 0 unspecified atom stereocenters. The van der Waals surface area contributed by atoms with Crippen LogP contribution < -0.4 is 10.6 Å². The van der Waals surface area contributed by atoms with E-state index in [0.717, 1.165) is 32.0 Å². The molecule has 0 aliphatic rings. The Labute approximate surface area is 102 Å². The van der Waals surface area contributed by atoms with Crippen molar-refractivity contribution in [1.82, 2.24) is 9.97 Å². The second-order valence-electron chi connectivity index (χ2n) is 4.39. The number of hydrogen-bond acceptors (Lipinski definition) is 4. The van der Waals surface area contributed by atoms with E-state index in [4.69, 9.17) is 5.73 Å². The van der Waals surface area contributed by atoms with Crippen LogP contribution in [0.4, 0.5) is 16.2 Å². The van der Waals surface area contributed by atoms with Crippen molar-refractivity contribution in [3.8, 4) is 0 Å². The molecule has 0 fully saturated rings. The predicted octanol–water partition coefficient (Wildman–Crippen LogP) is 2.60. The summed E-state index contributed by atoms with van der Waals surface area (Å²) in [6.45, 7) is 6.97. The summed E-state index contributed by atoms with van der Waals surface area (Å²) in [5, 5.41) is 0. The minimum absolute atomic E-state index is 0.113. The van der Waals surface area contributed by atoms with Gasteiger partial charge in [0.05, 0.1) is 6.20 Å². The highest BCUT2D eigenvalue weighted by atomic mass is 19.1. The van der Waals surface area contributed by atoms with Gasteiger partial charge in [-0.1, -0.05) is 19.8 Å². The Balaban J connectivity index is 2.85. The molecule has 2 N–H and O–H groups in total. The minimum Gasteiger partial charge on any atom is -0.368 e. The zero-order valence-electron chi connectivity index (χ0n) is 10.8. The van der Waals surface area contributed by atoms with E-state index in [-0.39, 0.29) is 12.0 Å². The molecule has 0 spiro atoms. The standard InChI is InChI=1S/C12H21FN4/c1-4-5-6-7-17(9(2)3)11-10(13)8-15-12(14)16-11/h8-9H,4-7H2,1-3H3,(H2,14,15,16). The number of hydrogen-bond donors (Lipinski definition) is 1. The summed E-state index contributed by atoms with van der Waals surface area (Å²) in [5.74, 6) is 0.00976. The van der Waals surface area contributed by atoms with Crippen LogP contribution in [0.25, 0.3) is 0 Å². The van der Waals surface area contributed by atoms with Crippen molar-refractivity contribution in [3.05, 3.63) is 12.0 Å². The largest absolute Gasteiger partial charge is 0.368 e. The Morgan fingerprint density at radius 2 is 2.12 bits per heavy atom. The molecule has 0 aromatic carbocycles. The number of aromatic nitrogens is 2. The number of halogens is 1. The topological polar surface area (TPSA) is 55.0 Å². The van der Waals surface area contributed by atoms with Gasteiger partial charge in [0.1, 0.15) is 0 Å². The van der Waals surface area contributed by atoms with Crippen LogP contribution in [-0.4, -0.2) is 22.6 Å². The Morgan fingerprint density at radius 3 is 2.71 bits per heavy atom. The first-order valence-corrected chi connectivity index (χ1v) is 6.11. The van der Waals surface area contributed by atoms with Crippen molar-refractivity contribution in [2.24, 2.45) is 0 Å². The van der Waals surface area contributed by atoms with Crippen LogP contribution in [0.5, 0.6) is 0 Å². The fraction of sp³-hybridized carbons (Fsp3) is 0.667. The van der Waals surface area contributed by atoms with Crippen LogP contribution in [0.2, 0.25) is 0 Å². The van der Waals surface area contributed by atoms with Crippen molar-refractivity contribution in [2.45, 2.75) is 46.1 Å². The maximum absolute atomic E-state index is 13.7. The Kier molecular flexibility index (Phi) is 5.12. The summed E-state index contributed by atoms with van der Waals surface area (Å²) < 4.78 is 13.7. The molecule has 0 saturated carbocycles. The van der Waals surface area contributed by atoms with Gasteiger partial charge in [0.15, 0.2) is 11.6 Å². The van der Waals surface area contributed by atoms with Crippen LogP contribution in [0, 0.1) is 5.82 Å². The van der Waals surface area contributed by atoms with Crippen LogP contribution >= 0.6 is 0 Å². The number of nitrogen functional groups attached to an aromatic ring is 1. The van der Waals surface area contributed by atoms with E-state index in [1.54, 1.807) is 0 Å². The molecule has 0 bridgehead atoms. The van der Waals surface area contributed by atoms with Crippen LogP contribution in [0.1, 0.15) is 40.0 Å². The third-order valence-corrected chi connectivity index (χ3v) is 2.64. The monoisotopic (exact) mass is 240 g/mol. The van der Waals surface area contributed by atoms with Gasteiger partial charge < -0.3 is 10.6 Å². The molecule has 5 heteroatoms. The SMILES string of the molecule is CCCCCN(c1nc(N)ncc1F)C(C)C. The van der Waals surface area contributed by atoms with Gasteiger partial charge in [-0.25, -0.2) is 9.37 Å². The predicted molar refractivity (Wildman–Crippen MR) is 68.4 cm³/mol. The molecule has 1 heterocycles. The van der Waals surface area contributed by atoms with E-state index in [1.165, 1.54) is 0 Å². The number of nitrogens with zero attached hydrogens (tertiary/aromatic N) is 3. The Morgan fingerprint density at radius 1 is 1.41 bits per heavy atom. The van der Waals surface area contributed by atoms with Gasteiger partial charge in [-0.2, -0.15) is 4.98 Å². The lowest BCUT2D eigenvalue weighted by molar-refractivity contribution is 0.570. The van der Waals surface area contributed by atoms with Crippen molar-refractivity contribution in [3.63, 3.8) is 0 Å². The van der Waals surface area contributed by atoms with Gasteiger partial charge in [-0.3, -0.25) is 0 Å². The van der Waals surface area contributed by atoms with Crippen LogP contribution in [0.15, 0.2) is 6.20 Å². The zero-order chi connectivity index (χ0) is 12.8. The number of rotatable bonds is 6. The van der Waals surface area contributed by atoms with E-state index >= 15 is 0 Å². The molecule has 1 aromatic heterocycles. The molecule has 17 heavy (non-hydrogen) atoms. The van der Waals surface area contributed by atoms with Crippen molar-refractivity contribution in [2.75, 3.05) is 17.2 Å². The summed E-state index contributed by atoms with van der Waals surface area (Å²) in [7, 11) is 0. The van der Waals surface area contributed by atoms with Gasteiger partial charge in [0.2, 0.25) is 5.95 Å². The van der Waals surface area contributed by atoms with Gasteiger partial charge in [-0.05, 0) is 20.3 Å². The second-order valence-corrected chi connectivity index (χ2v) is 4.39. The Bertz CT molecular complexity index is 354. The zero-order valence-corrected chi connectivity index (χ0v) is 10.8. The first-order chi connectivity index (χ1) is 8.06. The van der Waals surface area contributed by atoms with E-state index in [9.17, 15) is 4.39 Å². The van der Waals surface area contributed by atoms with E-state index in [1.807, 2.05) is 18.7 Å². The second kappa shape index (κ2) is 6.37. The Hall–Kier alpha value is -1.39. The molecule has 0 amide bonds. The molecule has 0 radical (unpaired) electrons. The van der Waals surface area contributed by atoms with Gasteiger partial charge in [-0.15, -0.1) is 0 Å². The lowest BCUT2D eigenvalue weighted by Gasteiger charge is -2.28. The molecule has 1 rings (SSSR count). The van der Waals surface area contributed by atoms with Crippen molar-refractivity contribution in [1.29, 1.82) is 0 Å². The third kappa shape index (κ3) is 3.84. The van der Waals surface area contributed by atoms with Gasteiger partial charge in [0.25, 0.3) is 0 Å². The highest BCUT2D eigenvalue weighted by molar-refractivity contribution is 5.43. The number of anilines is 2. The van der Waals surface area contributed by atoms with Crippen molar-refractivity contribution >= 4 is 11.8 Å². The van der Waals surface area contributed by atoms with E-state index < -0.39 is 5.82 Å². The minimum atomic E-state index is -0.413. The molecule has 96 valence electrons. The van der Waals surface area contributed by atoms with Gasteiger partial charge in [0, 0.05) is 12.6 Å². The fourth-order valence-electron chi connectivity index (χ4n) is 1.71. The third-order valence-electron chi connectivity index (χ3n) is 2.64. The summed E-state index contributed by atoms with van der Waals surface area (Å²) in [4.78, 5) is 9.57. The van der Waals surface area contributed by atoms with Crippen LogP contribution in [0.3, 0.4) is 0 Å². The first-order valence-electron chi connectivity index (χ1n) is 6.11. The van der Waals surface area contributed by atoms with E-state index in [0.29, 0.717) is 5.82 Å². The molecule has 1 aromatic rings. The highest BCUT2D eigenvalue weighted by Crippen LogP contribution is 2.19. The first kappa shape index (κ1) is 13.7. The van der Waals surface area contributed by atoms with Crippen molar-refractivity contribution < 1.29 is 4.39 Å². The summed E-state index contributed by atoms with van der Waals surface area (Å²) >= 11 is 0. The summed E-state index contributed by atoms with van der Waals surface area (Å²) in [6.07, 6.45) is 4.43. The maximum atomic E-state index is 13.7. The lowest BCUT2D eigenvalue weighted by Crippen LogP contribution is -2.33. The molecule has 0 saturated heterocycles. The normalized spacial score (nSPS) is 10.9.